The number of rotatable bonds is 9. The number of benzene rings is 3. The van der Waals surface area contributed by atoms with Gasteiger partial charge in [-0.25, -0.2) is 4.39 Å². The molecule has 1 aliphatic heterocycles. The van der Waals surface area contributed by atoms with Crippen LogP contribution in [0.3, 0.4) is 0 Å². The molecule has 1 saturated heterocycles. The summed E-state index contributed by atoms with van der Waals surface area (Å²) in [7, 11) is 2.05. The van der Waals surface area contributed by atoms with Gasteiger partial charge in [-0.3, -0.25) is 9.59 Å². The molecule has 2 fully saturated rings. The molecule has 7 heteroatoms. The third-order valence-corrected chi connectivity index (χ3v) is 7.60. The summed E-state index contributed by atoms with van der Waals surface area (Å²) >= 11 is 0. The average molecular weight is 515 g/mol. The van der Waals surface area contributed by atoms with Gasteiger partial charge in [0.2, 0.25) is 5.91 Å². The fraction of sp³-hybridized carbons (Fsp3) is 0.355. The molecule has 3 atom stereocenters. The van der Waals surface area contributed by atoms with E-state index in [1.165, 1.54) is 12.1 Å². The maximum Gasteiger partial charge on any atom is 0.251 e. The van der Waals surface area contributed by atoms with E-state index in [4.69, 9.17) is 0 Å². The molecular weight excluding hydrogens is 479 g/mol. The predicted molar refractivity (Wildman–Crippen MR) is 147 cm³/mol. The Morgan fingerprint density at radius 2 is 1.55 bits per heavy atom. The minimum absolute atomic E-state index is 0.0277. The summed E-state index contributed by atoms with van der Waals surface area (Å²) in [4.78, 5) is 30.7. The summed E-state index contributed by atoms with van der Waals surface area (Å²) in [6.45, 7) is 3.59. The molecule has 3 aromatic carbocycles. The lowest BCUT2D eigenvalue weighted by atomic mass is 10.0. The first-order valence-corrected chi connectivity index (χ1v) is 13.4. The molecule has 0 radical (unpaired) electrons. The first-order valence-electron chi connectivity index (χ1n) is 13.4. The van der Waals surface area contributed by atoms with Crippen molar-refractivity contribution in [3.63, 3.8) is 0 Å². The van der Waals surface area contributed by atoms with Crippen LogP contribution in [0.5, 0.6) is 0 Å². The molecule has 1 heterocycles. The maximum atomic E-state index is 13.4. The molecule has 0 aromatic heterocycles. The lowest BCUT2D eigenvalue weighted by Crippen LogP contribution is -2.54. The molecule has 3 aromatic rings. The highest BCUT2D eigenvalue weighted by Gasteiger charge is 2.38. The third-order valence-electron chi connectivity index (χ3n) is 7.60. The van der Waals surface area contributed by atoms with Crippen LogP contribution in [0.15, 0.2) is 78.9 Å². The number of hydrogen-bond donors (Lipinski definition) is 2. The van der Waals surface area contributed by atoms with Crippen molar-refractivity contribution < 1.29 is 14.0 Å². The molecule has 1 aliphatic carbocycles. The smallest absolute Gasteiger partial charge is 0.251 e. The van der Waals surface area contributed by atoms with Crippen LogP contribution in [-0.4, -0.2) is 73.5 Å². The molecule has 0 bridgehead atoms. The van der Waals surface area contributed by atoms with E-state index in [9.17, 15) is 14.0 Å². The molecule has 198 valence electrons. The highest BCUT2D eigenvalue weighted by Crippen LogP contribution is 2.40. The normalized spacial score (nSPS) is 20.1. The molecule has 6 nitrogen and oxygen atoms in total. The first-order chi connectivity index (χ1) is 18.5. The Morgan fingerprint density at radius 1 is 0.895 bits per heavy atom. The highest BCUT2D eigenvalue weighted by molar-refractivity contribution is 5.98. The molecule has 5 rings (SSSR count). The van der Waals surface area contributed by atoms with Crippen molar-refractivity contribution in [1.82, 2.24) is 20.4 Å². The first kappa shape index (κ1) is 26.1. The summed E-state index contributed by atoms with van der Waals surface area (Å²) in [5.74, 6) is -0.137. The Morgan fingerprint density at radius 3 is 2.24 bits per heavy atom. The second kappa shape index (κ2) is 11.9. The number of amides is 2. The second-order valence-electron chi connectivity index (χ2n) is 10.3. The van der Waals surface area contributed by atoms with E-state index in [1.807, 2.05) is 71.6 Å². The van der Waals surface area contributed by atoms with Crippen LogP contribution in [0.1, 0.15) is 34.7 Å². The number of hydrogen-bond acceptors (Lipinski definition) is 4. The van der Waals surface area contributed by atoms with E-state index in [1.54, 1.807) is 0 Å². The molecular formula is C31H35FN4O2. The van der Waals surface area contributed by atoms with E-state index in [2.05, 4.69) is 22.6 Å². The highest BCUT2D eigenvalue weighted by atomic mass is 19.1. The monoisotopic (exact) mass is 514 g/mol. The number of halogens is 1. The topological polar surface area (TPSA) is 64.7 Å². The van der Waals surface area contributed by atoms with Gasteiger partial charge in [0, 0.05) is 43.7 Å². The number of nitrogens with zero attached hydrogens (tertiary/aromatic N) is 2. The Balaban J connectivity index is 1.20. The van der Waals surface area contributed by atoms with Crippen LogP contribution in [0.2, 0.25) is 0 Å². The standard InChI is InChI=1S/C31H35FN4O2/c1-35-17-19-36(20-18-35)31(38)28(15-16-33-29-21-27(29)24-11-13-26(32)14-12-24)34-30(37)25-9-7-23(8-10-25)22-5-3-2-4-6-22/h2-14,27-29,33H,15-21H2,1H3,(H,34,37)/t27-,28?,29+/m1/s1. The van der Waals surface area contributed by atoms with Gasteiger partial charge in [0.1, 0.15) is 11.9 Å². The lowest BCUT2D eigenvalue weighted by Gasteiger charge is -2.34. The zero-order chi connectivity index (χ0) is 26.5. The van der Waals surface area contributed by atoms with Crippen LogP contribution in [0.4, 0.5) is 4.39 Å². The largest absolute Gasteiger partial charge is 0.340 e. The number of piperazine rings is 1. The van der Waals surface area contributed by atoms with Gasteiger partial charge in [0.15, 0.2) is 0 Å². The van der Waals surface area contributed by atoms with Crippen LogP contribution in [-0.2, 0) is 4.79 Å². The number of carbonyl (C=O) groups excluding carboxylic acids is 2. The fourth-order valence-electron chi connectivity index (χ4n) is 5.10. The van der Waals surface area contributed by atoms with Crippen molar-refractivity contribution in [1.29, 1.82) is 0 Å². The molecule has 2 amide bonds. The van der Waals surface area contributed by atoms with Crippen molar-refractivity contribution >= 4 is 11.8 Å². The minimum Gasteiger partial charge on any atom is -0.340 e. The molecule has 1 saturated carbocycles. The van der Waals surface area contributed by atoms with Gasteiger partial charge in [-0.15, -0.1) is 0 Å². The van der Waals surface area contributed by atoms with Gasteiger partial charge in [0.05, 0.1) is 0 Å². The summed E-state index contributed by atoms with van der Waals surface area (Å²) in [5, 5.41) is 6.55. The quantitative estimate of drug-likeness (QED) is 0.455. The Labute approximate surface area is 223 Å². The Kier molecular flexibility index (Phi) is 8.15. The number of nitrogens with one attached hydrogen (secondary N) is 2. The van der Waals surface area contributed by atoms with E-state index < -0.39 is 6.04 Å². The zero-order valence-corrected chi connectivity index (χ0v) is 21.8. The van der Waals surface area contributed by atoms with Crippen LogP contribution < -0.4 is 10.6 Å². The lowest BCUT2D eigenvalue weighted by molar-refractivity contribution is -0.135. The average Bonchev–Trinajstić information content (AvgIpc) is 3.73. The predicted octanol–water partition coefficient (Wildman–Crippen LogP) is 3.90. The summed E-state index contributed by atoms with van der Waals surface area (Å²) in [6, 6.07) is 23.9. The van der Waals surface area contributed by atoms with Gasteiger partial charge in [-0.05, 0) is 67.4 Å². The minimum atomic E-state index is -0.602. The van der Waals surface area contributed by atoms with Crippen LogP contribution in [0.25, 0.3) is 11.1 Å². The van der Waals surface area contributed by atoms with E-state index in [-0.39, 0.29) is 17.6 Å². The third kappa shape index (κ3) is 6.47. The Bertz CT molecular complexity index is 1220. The number of likely N-dealkylation sites (N-methyl/N-ethyl adjacent to an activating group) is 1. The molecule has 2 N–H and O–H groups in total. The van der Waals surface area contributed by atoms with Gasteiger partial charge < -0.3 is 20.4 Å². The number of carbonyl (C=O) groups is 2. The molecule has 38 heavy (non-hydrogen) atoms. The van der Waals surface area contributed by atoms with Crippen LogP contribution >= 0.6 is 0 Å². The maximum absolute atomic E-state index is 13.4. The van der Waals surface area contributed by atoms with Gasteiger partial charge in [-0.2, -0.15) is 0 Å². The van der Waals surface area contributed by atoms with Gasteiger partial charge in [-0.1, -0.05) is 54.6 Å². The van der Waals surface area contributed by atoms with Crippen molar-refractivity contribution in [2.24, 2.45) is 0 Å². The van der Waals surface area contributed by atoms with E-state index >= 15 is 0 Å². The van der Waals surface area contributed by atoms with E-state index in [0.717, 1.165) is 36.2 Å². The molecule has 0 spiro atoms. The fourth-order valence-corrected chi connectivity index (χ4v) is 5.10. The van der Waals surface area contributed by atoms with Gasteiger partial charge in [0.25, 0.3) is 5.91 Å². The molecule has 1 unspecified atom stereocenters. The van der Waals surface area contributed by atoms with Crippen molar-refractivity contribution in [3.05, 3.63) is 95.8 Å². The van der Waals surface area contributed by atoms with Crippen molar-refractivity contribution in [2.75, 3.05) is 39.8 Å². The van der Waals surface area contributed by atoms with E-state index in [0.29, 0.717) is 43.6 Å². The SMILES string of the molecule is CN1CCN(C(=O)C(CCN[C@H]2C[C@@H]2c2ccc(F)cc2)NC(=O)c2ccc(-c3ccccc3)cc2)CC1. The summed E-state index contributed by atoms with van der Waals surface area (Å²) < 4.78 is 13.2. The van der Waals surface area contributed by atoms with Gasteiger partial charge >= 0.3 is 0 Å². The van der Waals surface area contributed by atoms with Crippen molar-refractivity contribution in [2.45, 2.75) is 30.8 Å². The summed E-state index contributed by atoms with van der Waals surface area (Å²) in [5.41, 5.74) is 3.79. The second-order valence-corrected chi connectivity index (χ2v) is 10.3. The zero-order valence-electron chi connectivity index (χ0n) is 21.8. The van der Waals surface area contributed by atoms with Crippen molar-refractivity contribution in [3.8, 4) is 11.1 Å². The molecule has 2 aliphatic rings. The summed E-state index contributed by atoms with van der Waals surface area (Å²) in [6.07, 6.45) is 1.49. The van der Waals surface area contributed by atoms with Crippen LogP contribution in [0, 0.1) is 5.82 Å². The Hall–Kier alpha value is -3.55.